The van der Waals surface area contributed by atoms with Gasteiger partial charge in [0.2, 0.25) is 5.78 Å². The van der Waals surface area contributed by atoms with Crippen LogP contribution in [0.2, 0.25) is 0 Å². The maximum atomic E-state index is 14.0. The number of ketones is 2. The molecule has 10 nitrogen and oxygen atoms in total. The van der Waals surface area contributed by atoms with Crippen molar-refractivity contribution in [1.82, 2.24) is 9.80 Å². The van der Waals surface area contributed by atoms with Gasteiger partial charge in [-0.3, -0.25) is 19.3 Å². The van der Waals surface area contributed by atoms with Gasteiger partial charge in [0.05, 0.1) is 11.6 Å². The van der Waals surface area contributed by atoms with E-state index in [1.165, 1.54) is 11.0 Å². The highest BCUT2D eigenvalue weighted by Gasteiger charge is 2.64. The predicted octanol–water partition coefficient (Wildman–Crippen LogP) is 2.72. The van der Waals surface area contributed by atoms with Crippen LogP contribution in [0.5, 0.6) is 5.75 Å². The Hall–Kier alpha value is -3.99. The number of Topliss-reactive ketones (excluding diaryl/α,β-unsaturated/α-hetero) is 2. The lowest BCUT2D eigenvalue weighted by Crippen LogP contribution is -2.65. The first-order chi connectivity index (χ1) is 20.2. The van der Waals surface area contributed by atoms with E-state index >= 15 is 0 Å². The number of likely N-dealkylation sites (N-methyl/N-ethyl adjacent to an activating group) is 1. The molecular weight excluding hydrogens is 550 g/mol. The van der Waals surface area contributed by atoms with Crippen molar-refractivity contribution in [2.45, 2.75) is 44.9 Å². The SMILES string of the molecule is CC(C)CN(C)Cc1cccc(-c2ccc(O)c3c2C[C@H]2C[C@H]4C(N(C)C)C(=O)C(C(N)=O)=C(O)[C@@]4(O)C(=O)C2=C3O)c1. The van der Waals surface area contributed by atoms with Crippen LogP contribution in [0.25, 0.3) is 16.9 Å². The number of aliphatic hydroxyl groups is 3. The number of primary amides is 1. The molecule has 1 fully saturated rings. The quantitative estimate of drug-likeness (QED) is 0.305. The average molecular weight is 590 g/mol. The van der Waals surface area contributed by atoms with Crippen molar-refractivity contribution in [2.75, 3.05) is 27.7 Å². The minimum Gasteiger partial charge on any atom is -0.508 e. The number of phenolic OH excluding ortho intramolecular Hbond substituents is 1. The molecule has 0 spiro atoms. The lowest BCUT2D eigenvalue weighted by atomic mass is 9.57. The number of hydrogen-bond donors (Lipinski definition) is 5. The highest BCUT2D eigenvalue weighted by Crippen LogP contribution is 2.53. The van der Waals surface area contributed by atoms with Crippen molar-refractivity contribution in [2.24, 2.45) is 23.5 Å². The van der Waals surface area contributed by atoms with Gasteiger partial charge in [-0.05, 0) is 80.2 Å². The molecular formula is C33H39N3O7. The summed E-state index contributed by atoms with van der Waals surface area (Å²) in [5.74, 6) is -6.12. The van der Waals surface area contributed by atoms with Crippen LogP contribution in [0.15, 0.2) is 53.3 Å². The number of phenols is 1. The molecule has 3 aliphatic carbocycles. The summed E-state index contributed by atoms with van der Waals surface area (Å²) >= 11 is 0. The third kappa shape index (κ3) is 4.83. The Morgan fingerprint density at radius 2 is 1.79 bits per heavy atom. The third-order valence-corrected chi connectivity index (χ3v) is 8.97. The molecule has 2 aromatic rings. The van der Waals surface area contributed by atoms with Crippen LogP contribution in [0, 0.1) is 17.8 Å². The van der Waals surface area contributed by atoms with Gasteiger partial charge in [0.25, 0.3) is 5.91 Å². The first-order valence-corrected chi connectivity index (χ1v) is 14.5. The molecule has 0 bridgehead atoms. The molecule has 0 aromatic heterocycles. The molecule has 1 amide bonds. The minimum atomic E-state index is -2.66. The Morgan fingerprint density at radius 3 is 2.42 bits per heavy atom. The Morgan fingerprint density at radius 1 is 1.09 bits per heavy atom. The van der Waals surface area contributed by atoms with E-state index in [1.807, 2.05) is 18.2 Å². The van der Waals surface area contributed by atoms with E-state index in [1.54, 1.807) is 20.2 Å². The Balaban J connectivity index is 1.64. The number of nitrogens with zero attached hydrogens (tertiary/aromatic N) is 2. The van der Waals surface area contributed by atoms with Crippen LogP contribution < -0.4 is 5.73 Å². The van der Waals surface area contributed by atoms with Gasteiger partial charge < -0.3 is 31.1 Å². The summed E-state index contributed by atoms with van der Waals surface area (Å²) in [5, 5.41) is 45.2. The van der Waals surface area contributed by atoms with Gasteiger partial charge >= 0.3 is 0 Å². The summed E-state index contributed by atoms with van der Waals surface area (Å²) in [4.78, 5) is 43.3. The summed E-state index contributed by atoms with van der Waals surface area (Å²) < 4.78 is 0. The number of benzene rings is 2. The molecule has 3 aliphatic rings. The zero-order valence-corrected chi connectivity index (χ0v) is 25.1. The summed E-state index contributed by atoms with van der Waals surface area (Å²) in [5.41, 5.74) is 5.22. The summed E-state index contributed by atoms with van der Waals surface area (Å²) in [6.07, 6.45) is 0.274. The highest BCUT2D eigenvalue weighted by atomic mass is 16.3. The lowest BCUT2D eigenvalue weighted by Gasteiger charge is -2.50. The predicted molar refractivity (Wildman–Crippen MR) is 161 cm³/mol. The molecule has 43 heavy (non-hydrogen) atoms. The second kappa shape index (κ2) is 10.9. The molecule has 5 rings (SSSR count). The highest BCUT2D eigenvalue weighted by molar-refractivity contribution is 6.24. The molecule has 10 heteroatoms. The fourth-order valence-electron chi connectivity index (χ4n) is 7.35. The summed E-state index contributed by atoms with van der Waals surface area (Å²) in [6.45, 7) is 6.01. The van der Waals surface area contributed by atoms with Gasteiger partial charge in [-0.2, -0.15) is 0 Å². The second-order valence-electron chi connectivity index (χ2n) is 12.7. The van der Waals surface area contributed by atoms with Crippen molar-refractivity contribution in [3.63, 3.8) is 0 Å². The number of hydrogen-bond acceptors (Lipinski definition) is 9. The van der Waals surface area contributed by atoms with E-state index in [-0.39, 0.29) is 29.7 Å². The third-order valence-electron chi connectivity index (χ3n) is 8.97. The number of rotatable bonds is 7. The van der Waals surface area contributed by atoms with Crippen LogP contribution in [0.1, 0.15) is 37.0 Å². The van der Waals surface area contributed by atoms with Crippen LogP contribution in [0.3, 0.4) is 0 Å². The van der Waals surface area contributed by atoms with E-state index in [9.17, 15) is 34.8 Å². The summed E-state index contributed by atoms with van der Waals surface area (Å²) in [6, 6.07) is 10.1. The Kier molecular flexibility index (Phi) is 7.75. The largest absolute Gasteiger partial charge is 0.508 e. The van der Waals surface area contributed by atoms with E-state index in [4.69, 9.17) is 5.73 Å². The zero-order chi connectivity index (χ0) is 31.5. The van der Waals surface area contributed by atoms with E-state index in [0.29, 0.717) is 11.5 Å². The standard InChI is InChI=1S/C33H39N3O7/c1-16(2)14-36(5)15-17-7-6-8-18(11-17)20-9-10-23(37)25-21(20)12-19-13-22-27(35(3)4)29(39)26(32(34)42)31(41)33(22,43)30(40)24(19)28(25)38/h6-11,16,19,22,27,37-38,41,43H,12-15H2,1-5H3,(H2,34,42)/t19-,22-,27?,33-/m0/s1. The second-order valence-corrected chi connectivity index (χ2v) is 12.7. The Bertz CT molecular complexity index is 1590. The zero-order valence-electron chi connectivity index (χ0n) is 25.1. The number of fused-ring (bicyclic) bond motifs is 3. The van der Waals surface area contributed by atoms with Gasteiger partial charge in [-0.25, -0.2) is 0 Å². The maximum Gasteiger partial charge on any atom is 0.255 e. The lowest BCUT2D eigenvalue weighted by molar-refractivity contribution is -0.153. The van der Waals surface area contributed by atoms with Gasteiger partial charge in [-0.1, -0.05) is 38.1 Å². The van der Waals surface area contributed by atoms with Crippen LogP contribution in [0.4, 0.5) is 0 Å². The minimum absolute atomic E-state index is 0.0426. The molecule has 2 aromatic carbocycles. The number of nitrogens with two attached hydrogens (primary N) is 1. The van der Waals surface area contributed by atoms with Crippen LogP contribution in [-0.2, 0) is 27.3 Å². The molecule has 4 atom stereocenters. The van der Waals surface area contributed by atoms with Gasteiger partial charge in [-0.15, -0.1) is 0 Å². The van der Waals surface area contributed by atoms with Crippen LogP contribution in [-0.4, -0.2) is 87.0 Å². The topological polar surface area (TPSA) is 165 Å². The average Bonchev–Trinajstić information content (AvgIpc) is 2.90. The smallest absolute Gasteiger partial charge is 0.255 e. The van der Waals surface area contributed by atoms with Crippen molar-refractivity contribution < 1.29 is 34.8 Å². The van der Waals surface area contributed by atoms with Crippen molar-refractivity contribution in [3.05, 3.63) is 70.0 Å². The number of carbonyl (C=O) groups excluding carboxylic acids is 3. The van der Waals surface area contributed by atoms with Crippen molar-refractivity contribution in [1.29, 1.82) is 0 Å². The van der Waals surface area contributed by atoms with Gasteiger partial charge in [0.1, 0.15) is 22.8 Å². The fraction of sp³-hybridized carbons (Fsp3) is 0.424. The fourth-order valence-corrected chi connectivity index (χ4v) is 7.35. The van der Waals surface area contributed by atoms with Crippen molar-refractivity contribution in [3.8, 4) is 16.9 Å². The number of carbonyl (C=O) groups is 3. The molecule has 0 heterocycles. The molecule has 0 radical (unpaired) electrons. The maximum absolute atomic E-state index is 14.0. The Labute approximate surface area is 250 Å². The summed E-state index contributed by atoms with van der Waals surface area (Å²) in [7, 11) is 5.22. The van der Waals surface area contributed by atoms with Crippen LogP contribution >= 0.6 is 0 Å². The van der Waals surface area contributed by atoms with E-state index < -0.39 is 58.0 Å². The van der Waals surface area contributed by atoms with Crippen molar-refractivity contribution >= 4 is 23.2 Å². The van der Waals surface area contributed by atoms with E-state index in [2.05, 4.69) is 31.9 Å². The molecule has 228 valence electrons. The molecule has 1 unspecified atom stereocenters. The molecule has 0 aliphatic heterocycles. The van der Waals surface area contributed by atoms with Gasteiger partial charge in [0, 0.05) is 24.6 Å². The number of aliphatic hydroxyl groups excluding tert-OH is 2. The first-order valence-electron chi connectivity index (χ1n) is 14.5. The normalized spacial score (nSPS) is 25.4. The number of amides is 1. The molecule has 6 N–H and O–H groups in total. The molecule has 1 saturated carbocycles. The van der Waals surface area contributed by atoms with Gasteiger partial charge in [0.15, 0.2) is 11.4 Å². The van der Waals surface area contributed by atoms with E-state index in [0.717, 1.165) is 29.8 Å². The number of aromatic hydroxyl groups is 1. The monoisotopic (exact) mass is 589 g/mol. The molecule has 0 saturated heterocycles. The first kappa shape index (κ1) is 30.5.